The van der Waals surface area contributed by atoms with E-state index in [0.29, 0.717) is 5.75 Å². The Labute approximate surface area is 181 Å². The Hall–Kier alpha value is -3.10. The number of benzene rings is 3. The lowest BCUT2D eigenvalue weighted by molar-refractivity contribution is 0.472. The molecular weight excluding hydrogens is 390 g/mol. The lowest BCUT2D eigenvalue weighted by atomic mass is 9.92. The van der Waals surface area contributed by atoms with Gasteiger partial charge in [0.25, 0.3) is 0 Å². The van der Waals surface area contributed by atoms with Crippen molar-refractivity contribution >= 4 is 23.1 Å². The van der Waals surface area contributed by atoms with Crippen LogP contribution in [0.2, 0.25) is 0 Å². The Morgan fingerprint density at radius 2 is 1.43 bits per heavy atom. The van der Waals surface area contributed by atoms with Crippen molar-refractivity contribution in [1.82, 2.24) is 0 Å². The fraction of sp³-hybridized carbons (Fsp3) is 0.240. The molecule has 2 aliphatic rings. The summed E-state index contributed by atoms with van der Waals surface area (Å²) in [4.78, 5) is 4.56. The van der Waals surface area contributed by atoms with Crippen molar-refractivity contribution < 1.29 is 5.11 Å². The van der Waals surface area contributed by atoms with Crippen molar-refractivity contribution in [3.05, 3.63) is 77.4 Å². The van der Waals surface area contributed by atoms with Gasteiger partial charge in [-0.25, -0.2) is 0 Å². The summed E-state index contributed by atoms with van der Waals surface area (Å²) >= 11 is 1.89. The van der Waals surface area contributed by atoms with Crippen molar-refractivity contribution in [3.63, 3.8) is 0 Å². The van der Waals surface area contributed by atoms with E-state index in [4.69, 9.17) is 0 Å². The lowest BCUT2D eigenvalue weighted by Gasteiger charge is -2.38. The van der Waals surface area contributed by atoms with Crippen molar-refractivity contribution in [3.8, 4) is 22.9 Å². The average Bonchev–Trinajstić information content (AvgIpc) is 3.29. The van der Waals surface area contributed by atoms with Crippen LogP contribution in [0.4, 0.5) is 11.4 Å². The predicted octanol–water partition coefficient (Wildman–Crippen LogP) is 5.00. The van der Waals surface area contributed by atoms with Crippen LogP contribution in [0.3, 0.4) is 0 Å². The van der Waals surface area contributed by atoms with Gasteiger partial charge in [0, 0.05) is 37.7 Å². The van der Waals surface area contributed by atoms with Gasteiger partial charge in [0.15, 0.2) is 0 Å². The normalized spacial score (nSPS) is 15.7. The SMILES string of the molecule is N#Cc1c(N2CCN(c3ccccc3O)CC2)cc(-c2ccccc2)c2c1CSC2. The van der Waals surface area contributed by atoms with E-state index < -0.39 is 0 Å². The molecule has 0 amide bonds. The molecule has 5 rings (SSSR count). The zero-order valence-corrected chi connectivity index (χ0v) is 17.5. The van der Waals surface area contributed by atoms with Gasteiger partial charge in [-0.15, -0.1) is 0 Å². The Morgan fingerprint density at radius 1 is 0.800 bits per heavy atom. The van der Waals surface area contributed by atoms with Crippen LogP contribution in [0.15, 0.2) is 60.7 Å². The Kier molecular flexibility index (Phi) is 5.02. The first kappa shape index (κ1) is 18.9. The number of fused-ring (bicyclic) bond motifs is 1. The molecule has 30 heavy (non-hydrogen) atoms. The monoisotopic (exact) mass is 413 g/mol. The van der Waals surface area contributed by atoms with Crippen LogP contribution in [0.1, 0.15) is 16.7 Å². The van der Waals surface area contributed by atoms with E-state index in [1.54, 1.807) is 6.07 Å². The van der Waals surface area contributed by atoms with E-state index in [1.165, 1.54) is 22.3 Å². The van der Waals surface area contributed by atoms with Crippen LogP contribution in [-0.4, -0.2) is 31.3 Å². The van der Waals surface area contributed by atoms with E-state index in [0.717, 1.165) is 54.6 Å². The molecule has 0 aromatic heterocycles. The quantitative estimate of drug-likeness (QED) is 0.655. The third kappa shape index (κ3) is 3.28. The van der Waals surface area contributed by atoms with Crippen LogP contribution in [0.5, 0.6) is 5.75 Å². The maximum atomic E-state index is 10.2. The van der Waals surface area contributed by atoms with Crippen molar-refractivity contribution in [2.45, 2.75) is 11.5 Å². The van der Waals surface area contributed by atoms with Crippen LogP contribution in [0, 0.1) is 11.3 Å². The highest BCUT2D eigenvalue weighted by Gasteiger charge is 2.27. The van der Waals surface area contributed by atoms with Crippen LogP contribution in [0.25, 0.3) is 11.1 Å². The molecule has 0 spiro atoms. The van der Waals surface area contributed by atoms with Gasteiger partial charge in [-0.05, 0) is 40.5 Å². The summed E-state index contributed by atoms with van der Waals surface area (Å²) < 4.78 is 0. The van der Waals surface area contributed by atoms with Gasteiger partial charge in [-0.2, -0.15) is 17.0 Å². The largest absolute Gasteiger partial charge is 0.506 e. The number of hydrogen-bond donors (Lipinski definition) is 1. The lowest BCUT2D eigenvalue weighted by Crippen LogP contribution is -2.46. The molecule has 1 N–H and O–H groups in total. The van der Waals surface area contributed by atoms with Crippen LogP contribution >= 0.6 is 11.8 Å². The smallest absolute Gasteiger partial charge is 0.138 e. The summed E-state index contributed by atoms with van der Waals surface area (Å²) in [5.41, 5.74) is 7.78. The molecule has 3 aromatic carbocycles. The maximum absolute atomic E-state index is 10.2. The molecule has 3 aromatic rings. The van der Waals surface area contributed by atoms with Gasteiger partial charge in [0.2, 0.25) is 0 Å². The number of nitriles is 1. The molecule has 0 unspecified atom stereocenters. The topological polar surface area (TPSA) is 50.5 Å². The zero-order valence-electron chi connectivity index (χ0n) is 16.7. The third-order valence-electron chi connectivity index (χ3n) is 6.06. The van der Waals surface area contributed by atoms with E-state index in [2.05, 4.69) is 46.2 Å². The number of anilines is 2. The first-order valence-electron chi connectivity index (χ1n) is 10.3. The number of hydrogen-bond acceptors (Lipinski definition) is 5. The first-order chi connectivity index (χ1) is 14.8. The van der Waals surface area contributed by atoms with E-state index in [1.807, 2.05) is 36.0 Å². The zero-order chi connectivity index (χ0) is 20.5. The van der Waals surface area contributed by atoms with Gasteiger partial charge in [-0.1, -0.05) is 42.5 Å². The number of aromatic hydroxyl groups is 1. The second-order valence-electron chi connectivity index (χ2n) is 7.71. The fourth-order valence-electron chi connectivity index (χ4n) is 4.51. The highest BCUT2D eigenvalue weighted by atomic mass is 32.2. The number of rotatable bonds is 3. The van der Waals surface area contributed by atoms with E-state index in [9.17, 15) is 10.4 Å². The minimum Gasteiger partial charge on any atom is -0.506 e. The molecule has 5 heteroatoms. The van der Waals surface area contributed by atoms with Crippen LogP contribution in [-0.2, 0) is 11.5 Å². The summed E-state index contributed by atoms with van der Waals surface area (Å²) in [6.45, 7) is 3.27. The number of phenols is 1. The Morgan fingerprint density at radius 3 is 2.13 bits per heavy atom. The van der Waals surface area contributed by atoms with Crippen molar-refractivity contribution in [2.24, 2.45) is 0 Å². The molecule has 1 saturated heterocycles. The summed E-state index contributed by atoms with van der Waals surface area (Å²) in [6, 6.07) is 22.8. The Balaban J connectivity index is 1.49. The van der Waals surface area contributed by atoms with Crippen LogP contribution < -0.4 is 9.80 Å². The number of para-hydroxylation sites is 2. The number of piperazine rings is 1. The molecule has 2 heterocycles. The molecular formula is C25H23N3OS. The highest BCUT2D eigenvalue weighted by molar-refractivity contribution is 7.98. The maximum Gasteiger partial charge on any atom is 0.138 e. The standard InChI is InChI=1S/C25H23N3OS/c26-15-20-22-17-30-16-21(22)19(18-6-2-1-3-7-18)14-24(20)28-12-10-27(11-13-28)23-8-4-5-9-25(23)29/h1-9,14,29H,10-13,16-17H2. The van der Waals surface area contributed by atoms with Gasteiger partial charge < -0.3 is 14.9 Å². The second-order valence-corrected chi connectivity index (χ2v) is 8.69. The fourth-order valence-corrected chi connectivity index (χ4v) is 5.67. The molecule has 1 fully saturated rings. The second kappa shape index (κ2) is 7.97. The number of phenolic OH excluding ortho intramolecular Hbond substituents is 1. The Bertz CT molecular complexity index is 1120. The minimum absolute atomic E-state index is 0.324. The van der Waals surface area contributed by atoms with Crippen molar-refractivity contribution in [2.75, 3.05) is 36.0 Å². The highest BCUT2D eigenvalue weighted by Crippen LogP contribution is 2.43. The summed E-state index contributed by atoms with van der Waals surface area (Å²) in [6.07, 6.45) is 0. The molecule has 2 aliphatic heterocycles. The van der Waals surface area contributed by atoms with Gasteiger partial charge in [0.1, 0.15) is 11.8 Å². The first-order valence-corrected chi connectivity index (χ1v) is 11.4. The van der Waals surface area contributed by atoms with Gasteiger partial charge in [-0.3, -0.25) is 0 Å². The van der Waals surface area contributed by atoms with E-state index in [-0.39, 0.29) is 0 Å². The van der Waals surface area contributed by atoms with Crippen molar-refractivity contribution in [1.29, 1.82) is 5.26 Å². The molecule has 150 valence electrons. The molecule has 0 atom stereocenters. The summed E-state index contributed by atoms with van der Waals surface area (Å²) in [7, 11) is 0. The minimum atomic E-state index is 0.324. The van der Waals surface area contributed by atoms with Gasteiger partial charge >= 0.3 is 0 Å². The van der Waals surface area contributed by atoms with Gasteiger partial charge in [0.05, 0.1) is 16.9 Å². The molecule has 0 aliphatic carbocycles. The summed E-state index contributed by atoms with van der Waals surface area (Å²) in [5, 5.41) is 20.2. The predicted molar refractivity (Wildman–Crippen MR) is 124 cm³/mol. The summed E-state index contributed by atoms with van der Waals surface area (Å²) in [5.74, 6) is 2.20. The molecule has 4 nitrogen and oxygen atoms in total. The average molecular weight is 414 g/mol. The third-order valence-corrected chi connectivity index (χ3v) is 7.05. The molecule has 0 saturated carbocycles. The molecule has 0 radical (unpaired) electrons. The number of thioether (sulfide) groups is 1. The number of nitrogens with zero attached hydrogens (tertiary/aromatic N) is 3. The molecule has 0 bridgehead atoms. The van der Waals surface area contributed by atoms with E-state index >= 15 is 0 Å².